The molecule has 0 spiro atoms. The van der Waals surface area contributed by atoms with Crippen LogP contribution in [0.25, 0.3) is 0 Å². The fourth-order valence-electron chi connectivity index (χ4n) is 6.50. The molecule has 0 atom stereocenters. The van der Waals surface area contributed by atoms with E-state index in [0.29, 0.717) is 0 Å². The van der Waals surface area contributed by atoms with Crippen LogP contribution in [-0.4, -0.2) is 42.0 Å². The number of rotatable bonds is 33. The highest BCUT2D eigenvalue weighted by molar-refractivity contribution is 5.50. The Bertz CT molecular complexity index is 514. The van der Waals surface area contributed by atoms with Gasteiger partial charge in [0.25, 0.3) is 0 Å². The lowest BCUT2D eigenvalue weighted by atomic mass is 10.0. The van der Waals surface area contributed by atoms with Crippen molar-refractivity contribution in [3.8, 4) is 0 Å². The maximum atomic E-state index is 2.51. The highest BCUT2D eigenvalue weighted by atomic mass is 15.3. The maximum absolute atomic E-state index is 2.51. The second kappa shape index (κ2) is 37.7. The summed E-state index contributed by atoms with van der Waals surface area (Å²) in [4.78, 5) is 2.42. The van der Waals surface area contributed by atoms with Crippen LogP contribution in [0.4, 0.5) is 0 Å². The van der Waals surface area contributed by atoms with E-state index in [9.17, 15) is 0 Å². The predicted octanol–water partition coefficient (Wildman–Crippen LogP) is 13.9. The van der Waals surface area contributed by atoms with Crippen molar-refractivity contribution in [2.75, 3.05) is 26.2 Å². The van der Waals surface area contributed by atoms with Crippen molar-refractivity contribution in [1.82, 2.24) is 4.90 Å². The zero-order valence-corrected chi connectivity index (χ0v) is 30.9. The summed E-state index contributed by atoms with van der Waals surface area (Å²) in [6.07, 6.45) is 49.0. The average molecular weight is 606 g/mol. The van der Waals surface area contributed by atoms with Crippen LogP contribution in [0, 0.1) is 0 Å². The molecule has 0 saturated carbocycles. The molecule has 43 heavy (non-hydrogen) atoms. The van der Waals surface area contributed by atoms with Gasteiger partial charge in [0, 0.05) is 0 Å². The maximum Gasteiger partial charge on any atom is 0.234 e. The Labute approximate surface area is 274 Å². The first-order chi connectivity index (χ1) is 21.3. The molecule has 0 radical (unpaired) electrons. The smallest absolute Gasteiger partial charge is 0.234 e. The monoisotopic (exact) mass is 606 g/mol. The topological polar surface area (TPSA) is 6.25 Å². The lowest BCUT2D eigenvalue weighted by Gasteiger charge is -2.04. The molecule has 258 valence electrons. The third-order valence-electron chi connectivity index (χ3n) is 9.66. The zero-order chi connectivity index (χ0) is 31.3. The summed E-state index contributed by atoms with van der Waals surface area (Å²) in [6.45, 7) is 14.0. The minimum atomic E-state index is 1.16. The molecule has 0 fully saturated rings. The van der Waals surface area contributed by atoms with Crippen LogP contribution in [0.5, 0.6) is 0 Å². The predicted molar refractivity (Wildman–Crippen MR) is 198 cm³/mol. The first-order valence-electron chi connectivity index (χ1n) is 20.6. The first kappa shape index (κ1) is 42.5. The van der Waals surface area contributed by atoms with Crippen LogP contribution in [0.2, 0.25) is 0 Å². The normalized spacial score (nSPS) is 12.9. The summed E-state index contributed by atoms with van der Waals surface area (Å²) in [5, 5.41) is 0. The quantitative estimate of drug-likeness (QED) is 0.0532. The summed E-state index contributed by atoms with van der Waals surface area (Å²) in [5.74, 6) is 0. The lowest BCUT2D eigenvalue weighted by molar-refractivity contribution is -0.514. The van der Waals surface area contributed by atoms with Crippen LogP contribution < -0.4 is 0 Å². The van der Waals surface area contributed by atoms with Gasteiger partial charge >= 0.3 is 0 Å². The Kier molecular flexibility index (Phi) is 37.2. The molecule has 0 N–H and O–H groups in total. The fourth-order valence-corrected chi connectivity index (χ4v) is 6.50. The Balaban J connectivity index is 0.000000901. The van der Waals surface area contributed by atoms with Gasteiger partial charge in [0.2, 0.25) is 6.34 Å². The van der Waals surface area contributed by atoms with Crippen molar-refractivity contribution >= 4 is 6.34 Å². The van der Waals surface area contributed by atoms with E-state index < -0.39 is 0 Å². The molecule has 1 aliphatic heterocycles. The number of likely N-dealkylation sites (N-methyl/N-ethyl adjacent to an activating group) is 1. The van der Waals surface area contributed by atoms with Crippen molar-refractivity contribution in [3.63, 3.8) is 0 Å². The van der Waals surface area contributed by atoms with E-state index in [2.05, 4.69) is 43.5 Å². The van der Waals surface area contributed by atoms with Crippen LogP contribution in [0.3, 0.4) is 0 Å². The minimum absolute atomic E-state index is 1.16. The van der Waals surface area contributed by atoms with Crippen molar-refractivity contribution in [3.05, 3.63) is 0 Å². The van der Waals surface area contributed by atoms with E-state index >= 15 is 0 Å². The molecule has 1 aliphatic rings. The van der Waals surface area contributed by atoms with Crippen LogP contribution in [0.15, 0.2) is 0 Å². The Morgan fingerprint density at radius 2 is 0.628 bits per heavy atom. The molecular weight excluding hydrogens is 520 g/mol. The minimum Gasteiger partial charge on any atom is -0.265 e. The van der Waals surface area contributed by atoms with Crippen molar-refractivity contribution in [2.45, 2.75) is 233 Å². The standard InChI is InChI=1S/C24H49N2.C17H36/c1-3-5-6-7-8-9-10-11-12-13-14-15-16-17-18-19-20-21-26-23-22-25(4-2)24-26;1-3-5-7-9-11-13-15-17-16-14-12-10-8-6-4-2/h24H,3-23H2,1-2H3;3-17H2,1-2H3/q+1;. The Morgan fingerprint density at radius 1 is 0.372 bits per heavy atom. The molecule has 0 aromatic carbocycles. The molecule has 0 aliphatic carbocycles. The van der Waals surface area contributed by atoms with Gasteiger partial charge in [-0.2, -0.15) is 0 Å². The van der Waals surface area contributed by atoms with E-state index in [-0.39, 0.29) is 0 Å². The van der Waals surface area contributed by atoms with Gasteiger partial charge in [0.1, 0.15) is 13.1 Å². The highest BCUT2D eigenvalue weighted by Crippen LogP contribution is 2.15. The van der Waals surface area contributed by atoms with Gasteiger partial charge in [-0.05, 0) is 19.8 Å². The third kappa shape index (κ3) is 34.2. The molecular formula is C41H85N2+. The van der Waals surface area contributed by atoms with Crippen molar-refractivity contribution in [2.24, 2.45) is 0 Å². The number of unbranched alkanes of at least 4 members (excludes halogenated alkanes) is 30. The third-order valence-corrected chi connectivity index (χ3v) is 9.66. The molecule has 0 bridgehead atoms. The number of nitrogens with zero attached hydrogens (tertiary/aromatic N) is 2. The second-order valence-corrected chi connectivity index (χ2v) is 14.0. The first-order valence-corrected chi connectivity index (χ1v) is 20.6. The summed E-state index contributed by atoms with van der Waals surface area (Å²) < 4.78 is 2.51. The van der Waals surface area contributed by atoms with Gasteiger partial charge < -0.3 is 0 Å². The second-order valence-electron chi connectivity index (χ2n) is 14.0. The Morgan fingerprint density at radius 3 is 0.860 bits per heavy atom. The number of hydrogen-bond acceptors (Lipinski definition) is 1. The molecule has 0 saturated heterocycles. The zero-order valence-electron chi connectivity index (χ0n) is 30.9. The SMILES string of the molecule is CCCCCCCCCCCCCCCCC.CCCCCCCCCCCCCCCCCCC[N+]1=CN(CC)CC1. The van der Waals surface area contributed by atoms with E-state index in [1.165, 1.54) is 225 Å². The average Bonchev–Trinajstić information content (AvgIpc) is 3.49. The summed E-state index contributed by atoms with van der Waals surface area (Å²) in [6, 6.07) is 0. The molecule has 1 rings (SSSR count). The van der Waals surface area contributed by atoms with E-state index in [0.717, 1.165) is 6.54 Å². The van der Waals surface area contributed by atoms with Crippen LogP contribution >= 0.6 is 0 Å². The van der Waals surface area contributed by atoms with Crippen LogP contribution in [0.1, 0.15) is 233 Å². The van der Waals surface area contributed by atoms with Crippen LogP contribution in [-0.2, 0) is 0 Å². The summed E-state index contributed by atoms with van der Waals surface area (Å²) >= 11 is 0. The van der Waals surface area contributed by atoms with Crippen molar-refractivity contribution < 1.29 is 4.58 Å². The summed E-state index contributed by atoms with van der Waals surface area (Å²) in [5.41, 5.74) is 0. The molecule has 2 nitrogen and oxygen atoms in total. The largest absolute Gasteiger partial charge is 0.265 e. The van der Waals surface area contributed by atoms with Crippen molar-refractivity contribution in [1.29, 1.82) is 0 Å². The van der Waals surface area contributed by atoms with E-state index in [1.807, 2.05) is 0 Å². The van der Waals surface area contributed by atoms with Gasteiger partial charge in [-0.1, -0.05) is 213 Å². The molecule has 0 amide bonds. The van der Waals surface area contributed by atoms with E-state index in [4.69, 9.17) is 0 Å². The Hall–Kier alpha value is -0.530. The number of hydrogen-bond donors (Lipinski definition) is 0. The molecule has 2 heteroatoms. The lowest BCUT2D eigenvalue weighted by Crippen LogP contribution is -2.18. The molecule has 0 aromatic heterocycles. The van der Waals surface area contributed by atoms with Gasteiger partial charge in [0.05, 0.1) is 13.1 Å². The molecule has 0 aromatic rings. The van der Waals surface area contributed by atoms with Gasteiger partial charge in [-0.3, -0.25) is 9.48 Å². The highest BCUT2D eigenvalue weighted by Gasteiger charge is 2.15. The summed E-state index contributed by atoms with van der Waals surface area (Å²) in [7, 11) is 0. The van der Waals surface area contributed by atoms with Gasteiger partial charge in [-0.25, -0.2) is 0 Å². The molecule has 0 unspecified atom stereocenters. The fraction of sp³-hybridized carbons (Fsp3) is 0.976. The van der Waals surface area contributed by atoms with Gasteiger partial charge in [-0.15, -0.1) is 0 Å². The van der Waals surface area contributed by atoms with Gasteiger partial charge in [0.15, 0.2) is 0 Å². The molecule has 1 heterocycles. The van der Waals surface area contributed by atoms with E-state index in [1.54, 1.807) is 0 Å².